The van der Waals surface area contributed by atoms with Crippen LogP contribution in [-0.4, -0.2) is 28.7 Å². The van der Waals surface area contributed by atoms with Crippen LogP contribution in [0, 0.1) is 24.0 Å². The zero-order valence-electron chi connectivity index (χ0n) is 16.5. The lowest BCUT2D eigenvalue weighted by Crippen LogP contribution is -2.18. The fourth-order valence-electron chi connectivity index (χ4n) is 3.13. The first kappa shape index (κ1) is 21.1. The number of hydrogen-bond acceptors (Lipinski definition) is 5. The van der Waals surface area contributed by atoms with Gasteiger partial charge in [0.05, 0.1) is 34.5 Å². The summed E-state index contributed by atoms with van der Waals surface area (Å²) in [5.41, 5.74) is 5.68. The number of aromatic nitrogens is 1. The number of nitro benzene ring substituents is 1. The van der Waals surface area contributed by atoms with Crippen molar-refractivity contribution < 1.29 is 14.5 Å². The molecule has 154 valence electrons. The fraction of sp³-hybridized carbons (Fsp3) is 0.143. The molecule has 0 atom stereocenters. The third-order valence-electron chi connectivity index (χ3n) is 4.57. The SMILES string of the molecule is COc1ccc([N+](=O)[O-])cc1C(=O)N/N=C\c1cc(C)n(-c2ccccc2Cl)c1C. The Bertz CT molecular complexity index is 1150. The van der Waals surface area contributed by atoms with Crippen LogP contribution in [0.5, 0.6) is 5.75 Å². The summed E-state index contributed by atoms with van der Waals surface area (Å²) in [6, 6.07) is 13.2. The number of ether oxygens (including phenoxy) is 1. The van der Waals surface area contributed by atoms with Gasteiger partial charge in [-0.25, -0.2) is 5.43 Å². The van der Waals surface area contributed by atoms with Gasteiger partial charge in [-0.2, -0.15) is 5.10 Å². The van der Waals surface area contributed by atoms with Crippen LogP contribution in [-0.2, 0) is 0 Å². The molecule has 0 unspecified atom stereocenters. The molecule has 3 aromatic rings. The molecule has 0 radical (unpaired) electrons. The van der Waals surface area contributed by atoms with Crippen LogP contribution in [0.2, 0.25) is 5.02 Å². The number of nitrogens with zero attached hydrogens (tertiary/aromatic N) is 3. The molecular formula is C21H19ClN4O4. The van der Waals surface area contributed by atoms with E-state index in [0.29, 0.717) is 5.02 Å². The molecular weight excluding hydrogens is 408 g/mol. The van der Waals surface area contributed by atoms with E-state index in [4.69, 9.17) is 16.3 Å². The van der Waals surface area contributed by atoms with Gasteiger partial charge in [0, 0.05) is 29.1 Å². The summed E-state index contributed by atoms with van der Waals surface area (Å²) >= 11 is 6.32. The molecule has 0 saturated heterocycles. The highest BCUT2D eigenvalue weighted by Gasteiger charge is 2.17. The molecule has 1 heterocycles. The molecule has 0 aliphatic rings. The molecule has 0 fully saturated rings. The predicted molar refractivity (Wildman–Crippen MR) is 115 cm³/mol. The van der Waals surface area contributed by atoms with Crippen LogP contribution < -0.4 is 10.2 Å². The third-order valence-corrected chi connectivity index (χ3v) is 4.89. The van der Waals surface area contributed by atoms with E-state index in [9.17, 15) is 14.9 Å². The lowest BCUT2D eigenvalue weighted by Gasteiger charge is -2.11. The number of nitro groups is 1. The monoisotopic (exact) mass is 426 g/mol. The van der Waals surface area contributed by atoms with Crippen molar-refractivity contribution in [2.75, 3.05) is 7.11 Å². The van der Waals surface area contributed by atoms with E-state index < -0.39 is 10.8 Å². The number of amides is 1. The number of non-ortho nitro benzene ring substituents is 1. The van der Waals surface area contributed by atoms with E-state index >= 15 is 0 Å². The van der Waals surface area contributed by atoms with Gasteiger partial charge in [0.25, 0.3) is 11.6 Å². The number of nitrogens with one attached hydrogen (secondary N) is 1. The quantitative estimate of drug-likeness (QED) is 0.358. The van der Waals surface area contributed by atoms with Crippen LogP contribution in [0.15, 0.2) is 53.6 Å². The first-order chi connectivity index (χ1) is 14.3. The second-order valence-electron chi connectivity index (χ2n) is 6.45. The van der Waals surface area contributed by atoms with Crippen LogP contribution >= 0.6 is 11.6 Å². The van der Waals surface area contributed by atoms with Crippen molar-refractivity contribution in [2.45, 2.75) is 13.8 Å². The maximum atomic E-state index is 12.5. The summed E-state index contributed by atoms with van der Waals surface area (Å²) in [6.45, 7) is 3.86. The summed E-state index contributed by atoms with van der Waals surface area (Å²) in [4.78, 5) is 22.9. The number of carbonyl (C=O) groups excluding carboxylic acids is 1. The summed E-state index contributed by atoms with van der Waals surface area (Å²) in [6.07, 6.45) is 1.51. The molecule has 1 N–H and O–H groups in total. The zero-order chi connectivity index (χ0) is 21.8. The number of rotatable bonds is 6. The van der Waals surface area contributed by atoms with Crippen LogP contribution in [0.4, 0.5) is 5.69 Å². The Morgan fingerprint density at radius 2 is 1.97 bits per heavy atom. The Morgan fingerprint density at radius 1 is 1.23 bits per heavy atom. The number of hydrazone groups is 1. The second kappa shape index (κ2) is 8.79. The van der Waals surface area contributed by atoms with Gasteiger partial charge in [-0.3, -0.25) is 14.9 Å². The van der Waals surface area contributed by atoms with Crippen molar-refractivity contribution >= 4 is 29.4 Å². The van der Waals surface area contributed by atoms with Crippen LogP contribution in [0.25, 0.3) is 5.69 Å². The Balaban J connectivity index is 1.84. The van der Waals surface area contributed by atoms with E-state index in [1.165, 1.54) is 25.5 Å². The number of carbonyl (C=O) groups is 1. The molecule has 0 aliphatic heterocycles. The highest BCUT2D eigenvalue weighted by Crippen LogP contribution is 2.26. The highest BCUT2D eigenvalue weighted by atomic mass is 35.5. The number of para-hydroxylation sites is 1. The molecule has 1 amide bonds. The molecule has 2 aromatic carbocycles. The van der Waals surface area contributed by atoms with Crippen LogP contribution in [0.3, 0.4) is 0 Å². The van der Waals surface area contributed by atoms with Crippen molar-refractivity contribution in [1.82, 2.24) is 9.99 Å². The minimum Gasteiger partial charge on any atom is -0.496 e. The predicted octanol–water partition coefficient (Wildman–Crippen LogP) is 4.43. The number of benzene rings is 2. The molecule has 3 rings (SSSR count). The van der Waals surface area contributed by atoms with E-state index in [0.717, 1.165) is 28.7 Å². The summed E-state index contributed by atoms with van der Waals surface area (Å²) < 4.78 is 7.11. The molecule has 0 spiro atoms. The first-order valence-corrected chi connectivity index (χ1v) is 9.31. The smallest absolute Gasteiger partial charge is 0.275 e. The highest BCUT2D eigenvalue weighted by molar-refractivity contribution is 6.32. The second-order valence-corrected chi connectivity index (χ2v) is 6.86. The van der Waals surface area contributed by atoms with Crippen LogP contribution in [0.1, 0.15) is 27.3 Å². The first-order valence-electron chi connectivity index (χ1n) is 8.93. The van der Waals surface area contributed by atoms with Crippen molar-refractivity contribution in [3.63, 3.8) is 0 Å². The Morgan fingerprint density at radius 3 is 2.63 bits per heavy atom. The topological polar surface area (TPSA) is 98.8 Å². The van der Waals surface area contributed by atoms with E-state index in [2.05, 4.69) is 10.5 Å². The van der Waals surface area contributed by atoms with Gasteiger partial charge in [0.2, 0.25) is 0 Å². The van der Waals surface area contributed by atoms with Gasteiger partial charge in [0.1, 0.15) is 5.75 Å². The van der Waals surface area contributed by atoms with Gasteiger partial charge in [-0.1, -0.05) is 23.7 Å². The van der Waals surface area contributed by atoms with Gasteiger partial charge in [-0.15, -0.1) is 0 Å². The van der Waals surface area contributed by atoms with Gasteiger partial charge < -0.3 is 9.30 Å². The maximum absolute atomic E-state index is 12.5. The number of methoxy groups -OCH3 is 1. The minimum atomic E-state index is -0.619. The van der Waals surface area contributed by atoms with Crippen molar-refractivity contribution in [3.8, 4) is 11.4 Å². The van der Waals surface area contributed by atoms with Crippen molar-refractivity contribution in [3.05, 3.63) is 86.2 Å². The zero-order valence-corrected chi connectivity index (χ0v) is 17.3. The molecule has 9 heteroatoms. The molecule has 8 nitrogen and oxygen atoms in total. The standard InChI is InChI=1S/C21H19ClN4O4/c1-13-10-15(14(2)25(13)19-7-5-4-6-18(19)22)12-23-24-21(27)17-11-16(26(28)29)8-9-20(17)30-3/h4-12H,1-3H3,(H,24,27)/b23-12-. The normalized spacial score (nSPS) is 10.9. The van der Waals surface area contributed by atoms with Crippen molar-refractivity contribution in [2.24, 2.45) is 5.10 Å². The fourth-order valence-corrected chi connectivity index (χ4v) is 3.35. The lowest BCUT2D eigenvalue weighted by molar-refractivity contribution is -0.384. The molecule has 1 aromatic heterocycles. The Labute approximate surface area is 177 Å². The van der Waals surface area contributed by atoms with Crippen molar-refractivity contribution in [1.29, 1.82) is 0 Å². The molecule has 30 heavy (non-hydrogen) atoms. The summed E-state index contributed by atoms with van der Waals surface area (Å²) in [5, 5.41) is 15.6. The minimum absolute atomic E-state index is 0.0189. The van der Waals surface area contributed by atoms with E-state index in [1.807, 2.05) is 48.7 Å². The molecule has 0 saturated carbocycles. The van der Waals surface area contributed by atoms with Gasteiger partial charge in [0.15, 0.2) is 0 Å². The van der Waals surface area contributed by atoms with E-state index in [1.54, 1.807) is 0 Å². The number of hydrogen-bond donors (Lipinski definition) is 1. The average molecular weight is 427 g/mol. The Kier molecular flexibility index (Phi) is 6.17. The molecule has 0 bridgehead atoms. The summed E-state index contributed by atoms with van der Waals surface area (Å²) in [7, 11) is 1.38. The summed E-state index contributed by atoms with van der Waals surface area (Å²) in [5.74, 6) is -0.406. The number of halogens is 1. The number of aryl methyl sites for hydroxylation is 1. The Hall–Kier alpha value is -3.65. The van der Waals surface area contributed by atoms with Gasteiger partial charge >= 0.3 is 0 Å². The average Bonchev–Trinajstić information content (AvgIpc) is 3.01. The van der Waals surface area contributed by atoms with E-state index in [-0.39, 0.29) is 17.0 Å². The largest absolute Gasteiger partial charge is 0.496 e. The van der Waals surface area contributed by atoms with Gasteiger partial charge in [-0.05, 0) is 38.1 Å². The molecule has 0 aliphatic carbocycles. The third kappa shape index (κ3) is 4.18. The lowest BCUT2D eigenvalue weighted by atomic mass is 10.1. The maximum Gasteiger partial charge on any atom is 0.275 e.